The Kier molecular flexibility index (Phi) is 3.56. The molecule has 94 valence electrons. The highest BCUT2D eigenvalue weighted by atomic mass is 32.2. The number of nitrogens with zero attached hydrogens (tertiary/aromatic N) is 3. The van der Waals surface area contributed by atoms with Crippen LogP contribution < -0.4 is 4.72 Å². The zero-order valence-corrected chi connectivity index (χ0v) is 11.1. The van der Waals surface area contributed by atoms with Crippen LogP contribution in [0, 0.1) is 11.3 Å². The molecule has 0 fully saturated rings. The number of hydrogen-bond acceptors (Lipinski definition) is 6. The van der Waals surface area contributed by atoms with Crippen LogP contribution >= 0.6 is 11.7 Å². The van der Waals surface area contributed by atoms with E-state index in [0.717, 1.165) is 11.7 Å². The molecule has 8 heteroatoms. The molecule has 1 heterocycles. The molecule has 1 aromatic carbocycles. The van der Waals surface area contributed by atoms with Crippen molar-refractivity contribution < 1.29 is 8.42 Å². The first-order valence-electron chi connectivity index (χ1n) is 5.21. The maximum Gasteiger partial charge on any atom is 0.243 e. The topological polar surface area (TPSA) is 95.7 Å². The van der Waals surface area contributed by atoms with Gasteiger partial charge in [-0.3, -0.25) is 0 Å². The van der Waals surface area contributed by atoms with Crippen LogP contribution in [0.5, 0.6) is 0 Å². The van der Waals surface area contributed by atoms with Gasteiger partial charge in [0.15, 0.2) is 0 Å². The Balaban J connectivity index is 2.48. The van der Waals surface area contributed by atoms with Crippen LogP contribution in [0.2, 0.25) is 0 Å². The molecule has 0 aliphatic rings. The summed E-state index contributed by atoms with van der Waals surface area (Å²) in [5.41, 5.74) is 0.871. The van der Waals surface area contributed by atoms with E-state index in [1.165, 1.54) is 6.07 Å². The summed E-state index contributed by atoms with van der Waals surface area (Å²) in [6, 6.07) is 5.91. The van der Waals surface area contributed by atoms with Gasteiger partial charge in [0.25, 0.3) is 0 Å². The van der Waals surface area contributed by atoms with E-state index in [0.29, 0.717) is 17.5 Å². The van der Waals surface area contributed by atoms with Crippen LogP contribution in [0.25, 0.3) is 11.0 Å². The van der Waals surface area contributed by atoms with Gasteiger partial charge in [-0.15, -0.1) is 0 Å². The van der Waals surface area contributed by atoms with Gasteiger partial charge in [-0.1, -0.05) is 13.0 Å². The number of nitrogens with one attached hydrogen (secondary N) is 1. The Labute approximate surface area is 109 Å². The smallest absolute Gasteiger partial charge is 0.207 e. The number of benzene rings is 1. The Morgan fingerprint density at radius 1 is 1.50 bits per heavy atom. The number of hydrogen-bond donors (Lipinski definition) is 1. The normalized spacial score (nSPS) is 13.3. The first-order valence-corrected chi connectivity index (χ1v) is 7.43. The van der Waals surface area contributed by atoms with E-state index in [2.05, 4.69) is 13.5 Å². The summed E-state index contributed by atoms with van der Waals surface area (Å²) in [5, 5.41) is 8.81. The zero-order chi connectivity index (χ0) is 13.2. The number of fused-ring (bicyclic) bond motifs is 1. The van der Waals surface area contributed by atoms with Crippen molar-refractivity contribution in [1.82, 2.24) is 13.5 Å². The second-order valence-corrected chi connectivity index (χ2v) is 5.81. The summed E-state index contributed by atoms with van der Waals surface area (Å²) in [5.74, 6) is 0. The summed E-state index contributed by atoms with van der Waals surface area (Å²) in [4.78, 5) is 0.0578. The zero-order valence-electron chi connectivity index (χ0n) is 9.49. The van der Waals surface area contributed by atoms with Gasteiger partial charge < -0.3 is 0 Å². The van der Waals surface area contributed by atoms with Crippen LogP contribution in [0.3, 0.4) is 0 Å². The second kappa shape index (κ2) is 4.97. The van der Waals surface area contributed by atoms with Crippen LogP contribution in [0.1, 0.15) is 13.3 Å². The highest BCUT2D eigenvalue weighted by Crippen LogP contribution is 2.21. The molecule has 0 aliphatic carbocycles. The molecule has 0 radical (unpaired) electrons. The maximum atomic E-state index is 12.1. The molecule has 0 spiro atoms. The van der Waals surface area contributed by atoms with Gasteiger partial charge in [0.2, 0.25) is 10.0 Å². The predicted octanol–water partition coefficient (Wildman–Crippen LogP) is 1.27. The van der Waals surface area contributed by atoms with Crippen molar-refractivity contribution in [2.24, 2.45) is 0 Å². The average molecular weight is 282 g/mol. The van der Waals surface area contributed by atoms with E-state index in [4.69, 9.17) is 5.26 Å². The minimum atomic E-state index is -3.75. The Morgan fingerprint density at radius 3 is 2.94 bits per heavy atom. The molecule has 0 aliphatic heterocycles. The molecule has 2 rings (SSSR count). The first kappa shape index (κ1) is 12.9. The molecule has 6 nitrogen and oxygen atoms in total. The lowest BCUT2D eigenvalue weighted by Gasteiger charge is -2.10. The van der Waals surface area contributed by atoms with Crippen LogP contribution in [-0.2, 0) is 10.0 Å². The van der Waals surface area contributed by atoms with E-state index in [1.807, 2.05) is 6.07 Å². The van der Waals surface area contributed by atoms with E-state index in [-0.39, 0.29) is 4.90 Å². The van der Waals surface area contributed by atoms with Gasteiger partial charge in [-0.25, -0.2) is 8.42 Å². The Bertz CT molecular complexity index is 702. The van der Waals surface area contributed by atoms with Gasteiger partial charge in [0.1, 0.15) is 22.0 Å². The molecule has 2 aromatic rings. The first-order chi connectivity index (χ1) is 8.58. The lowest BCUT2D eigenvalue weighted by Crippen LogP contribution is -2.33. The van der Waals surface area contributed by atoms with Crippen LogP contribution in [0.15, 0.2) is 23.1 Å². The minimum Gasteiger partial charge on any atom is -0.207 e. The summed E-state index contributed by atoms with van der Waals surface area (Å²) in [6.45, 7) is 1.74. The molecular formula is C10H10N4O2S2. The molecule has 1 atom stereocenters. The van der Waals surface area contributed by atoms with Crippen molar-refractivity contribution >= 4 is 32.8 Å². The summed E-state index contributed by atoms with van der Waals surface area (Å²) in [6.07, 6.45) is 0.404. The number of sulfonamides is 1. The van der Waals surface area contributed by atoms with Gasteiger partial charge in [-0.05, 0) is 18.6 Å². The number of aromatic nitrogens is 2. The fourth-order valence-electron chi connectivity index (χ4n) is 1.45. The molecule has 0 saturated carbocycles. The largest absolute Gasteiger partial charge is 0.243 e. The van der Waals surface area contributed by atoms with Gasteiger partial charge in [0, 0.05) is 0 Å². The van der Waals surface area contributed by atoms with E-state index in [1.54, 1.807) is 19.1 Å². The van der Waals surface area contributed by atoms with Crippen molar-refractivity contribution in [3.8, 4) is 6.07 Å². The quantitative estimate of drug-likeness (QED) is 0.911. The monoisotopic (exact) mass is 282 g/mol. The summed E-state index contributed by atoms with van der Waals surface area (Å²) >= 11 is 0.956. The molecular weight excluding hydrogens is 272 g/mol. The van der Waals surface area contributed by atoms with Crippen molar-refractivity contribution in [2.75, 3.05) is 0 Å². The third kappa shape index (κ3) is 2.33. The third-order valence-corrected chi connectivity index (χ3v) is 4.45. The summed E-state index contributed by atoms with van der Waals surface area (Å²) in [7, 11) is -3.75. The Hall–Kier alpha value is -1.56. The van der Waals surface area contributed by atoms with E-state index >= 15 is 0 Å². The fourth-order valence-corrected chi connectivity index (χ4v) is 3.44. The molecule has 1 N–H and O–H groups in total. The van der Waals surface area contributed by atoms with Gasteiger partial charge in [0.05, 0.1) is 17.8 Å². The molecule has 0 amide bonds. The van der Waals surface area contributed by atoms with Crippen LogP contribution in [0.4, 0.5) is 0 Å². The summed E-state index contributed by atoms with van der Waals surface area (Å²) < 4.78 is 34.6. The number of nitriles is 1. The van der Waals surface area contributed by atoms with Crippen molar-refractivity contribution in [1.29, 1.82) is 5.26 Å². The molecule has 1 unspecified atom stereocenters. The predicted molar refractivity (Wildman–Crippen MR) is 67.4 cm³/mol. The van der Waals surface area contributed by atoms with Crippen molar-refractivity contribution in [2.45, 2.75) is 24.3 Å². The number of rotatable bonds is 4. The van der Waals surface area contributed by atoms with E-state index < -0.39 is 16.1 Å². The highest BCUT2D eigenvalue weighted by Gasteiger charge is 2.22. The van der Waals surface area contributed by atoms with Gasteiger partial charge in [-0.2, -0.15) is 18.7 Å². The average Bonchev–Trinajstić information content (AvgIpc) is 2.83. The van der Waals surface area contributed by atoms with Crippen molar-refractivity contribution in [3.05, 3.63) is 18.2 Å². The minimum absolute atomic E-state index is 0.0578. The van der Waals surface area contributed by atoms with E-state index in [9.17, 15) is 8.42 Å². The standard InChI is InChI=1S/C10H10N4O2S2/c1-2-7(6-11)14-18(15,16)9-5-3-4-8-10(9)13-17-12-8/h3-5,7,14H,2H2,1H3. The lowest BCUT2D eigenvalue weighted by molar-refractivity contribution is 0.570. The second-order valence-electron chi connectivity index (χ2n) is 3.60. The lowest BCUT2D eigenvalue weighted by atomic mass is 10.3. The van der Waals surface area contributed by atoms with Crippen LogP contribution in [-0.4, -0.2) is 23.2 Å². The molecule has 0 bridgehead atoms. The molecule has 1 aromatic heterocycles. The SMILES string of the molecule is CCC(C#N)NS(=O)(=O)c1cccc2nsnc12. The third-order valence-electron chi connectivity index (χ3n) is 2.40. The maximum absolute atomic E-state index is 12.1. The molecule has 0 saturated heterocycles. The highest BCUT2D eigenvalue weighted by molar-refractivity contribution is 7.89. The Morgan fingerprint density at radius 2 is 2.28 bits per heavy atom. The van der Waals surface area contributed by atoms with Gasteiger partial charge >= 0.3 is 0 Å². The van der Waals surface area contributed by atoms with Crippen molar-refractivity contribution in [3.63, 3.8) is 0 Å². The molecule has 18 heavy (non-hydrogen) atoms. The fraction of sp³-hybridized carbons (Fsp3) is 0.300.